The summed E-state index contributed by atoms with van der Waals surface area (Å²) in [5.74, 6) is -0.0253. The van der Waals surface area contributed by atoms with Crippen LogP contribution in [0.2, 0.25) is 0 Å². The van der Waals surface area contributed by atoms with Gasteiger partial charge in [0.1, 0.15) is 12.8 Å². The van der Waals surface area contributed by atoms with E-state index in [1.807, 2.05) is 30.3 Å². The van der Waals surface area contributed by atoms with Gasteiger partial charge in [0, 0.05) is 19.0 Å². The van der Waals surface area contributed by atoms with Crippen molar-refractivity contribution in [2.24, 2.45) is 5.92 Å². The molecule has 1 aromatic rings. The minimum atomic E-state index is -3.16. The fourth-order valence-corrected chi connectivity index (χ4v) is 4.08. The smallest absolute Gasteiger partial charge is 0.227 e. The van der Waals surface area contributed by atoms with Crippen LogP contribution in [0.4, 0.5) is 0 Å². The van der Waals surface area contributed by atoms with Crippen LogP contribution in [0, 0.1) is 5.92 Å². The Kier molecular flexibility index (Phi) is 4.70. The van der Waals surface area contributed by atoms with E-state index in [4.69, 9.17) is 4.74 Å². The largest absolute Gasteiger partial charge is 0.351 e. The number of amides is 1. The highest BCUT2D eigenvalue weighted by Crippen LogP contribution is 2.28. The van der Waals surface area contributed by atoms with E-state index >= 15 is 0 Å². The van der Waals surface area contributed by atoms with Gasteiger partial charge in [0.05, 0.1) is 12.8 Å². The lowest BCUT2D eigenvalue weighted by Crippen LogP contribution is -2.43. The van der Waals surface area contributed by atoms with Crippen molar-refractivity contribution in [1.82, 2.24) is 9.21 Å². The van der Waals surface area contributed by atoms with Crippen molar-refractivity contribution in [3.05, 3.63) is 35.9 Å². The third kappa shape index (κ3) is 3.73. The summed E-state index contributed by atoms with van der Waals surface area (Å²) in [6.07, 6.45) is 2.31. The Labute approximate surface area is 137 Å². The Morgan fingerprint density at radius 1 is 1.17 bits per heavy atom. The van der Waals surface area contributed by atoms with Crippen LogP contribution in [0.15, 0.2) is 30.3 Å². The lowest BCUT2D eigenvalue weighted by molar-refractivity contribution is -0.137. The molecule has 0 radical (unpaired) electrons. The number of carbonyl (C=O) groups excluding carboxylic acids is 1. The van der Waals surface area contributed by atoms with Crippen molar-refractivity contribution >= 4 is 15.9 Å². The third-order valence-corrected chi connectivity index (χ3v) is 5.88. The first-order chi connectivity index (χ1) is 10.9. The number of ether oxygens (including phenoxy) is 1. The summed E-state index contributed by atoms with van der Waals surface area (Å²) in [6.45, 7) is 1.72. The lowest BCUT2D eigenvalue weighted by atomic mass is 9.96. The Balaban J connectivity index is 1.56. The summed E-state index contributed by atoms with van der Waals surface area (Å²) in [4.78, 5) is 14.4. The number of hydrogen-bond acceptors (Lipinski definition) is 4. The molecule has 1 atom stereocenters. The Hall–Kier alpha value is -1.44. The van der Waals surface area contributed by atoms with Crippen molar-refractivity contribution in [1.29, 1.82) is 0 Å². The summed E-state index contributed by atoms with van der Waals surface area (Å²) >= 11 is 0. The highest BCUT2D eigenvalue weighted by Gasteiger charge is 2.35. The van der Waals surface area contributed by atoms with E-state index in [0.717, 1.165) is 5.56 Å². The van der Waals surface area contributed by atoms with Gasteiger partial charge in [-0.25, -0.2) is 12.7 Å². The van der Waals surface area contributed by atoms with Crippen molar-refractivity contribution in [3.63, 3.8) is 0 Å². The Morgan fingerprint density at radius 3 is 2.43 bits per heavy atom. The van der Waals surface area contributed by atoms with Gasteiger partial charge in [-0.05, 0) is 18.4 Å². The molecule has 6 nitrogen and oxygen atoms in total. The summed E-state index contributed by atoms with van der Waals surface area (Å²) < 4.78 is 30.2. The van der Waals surface area contributed by atoms with Gasteiger partial charge in [0.15, 0.2) is 0 Å². The fraction of sp³-hybridized carbons (Fsp3) is 0.562. The van der Waals surface area contributed by atoms with Crippen LogP contribution in [-0.4, -0.2) is 56.2 Å². The maximum absolute atomic E-state index is 12.6. The molecule has 2 aliphatic heterocycles. The molecule has 3 rings (SSSR count). The molecule has 0 aliphatic carbocycles. The van der Waals surface area contributed by atoms with E-state index in [9.17, 15) is 13.2 Å². The predicted octanol–water partition coefficient (Wildman–Crippen LogP) is 1.22. The maximum atomic E-state index is 12.6. The van der Waals surface area contributed by atoms with Crippen LogP contribution in [0.1, 0.15) is 24.5 Å². The van der Waals surface area contributed by atoms with Gasteiger partial charge in [0.25, 0.3) is 0 Å². The standard InChI is InChI=1S/C16H22N2O4S/c1-23(20,21)18-9-7-14(8-10-18)16(19)17-11-15(22-12-17)13-5-3-2-4-6-13/h2-6,14-15H,7-12H2,1H3. The molecule has 2 fully saturated rings. The predicted molar refractivity (Wildman–Crippen MR) is 86.0 cm³/mol. The van der Waals surface area contributed by atoms with Crippen LogP contribution >= 0.6 is 0 Å². The maximum Gasteiger partial charge on any atom is 0.227 e. The van der Waals surface area contributed by atoms with Gasteiger partial charge in [-0.2, -0.15) is 0 Å². The van der Waals surface area contributed by atoms with Crippen LogP contribution in [0.25, 0.3) is 0 Å². The summed E-state index contributed by atoms with van der Waals surface area (Å²) in [5, 5.41) is 0. The van der Waals surface area contributed by atoms with E-state index in [0.29, 0.717) is 39.2 Å². The second-order valence-corrected chi connectivity index (χ2v) is 8.17. The molecule has 2 heterocycles. The van der Waals surface area contributed by atoms with Crippen molar-refractivity contribution < 1.29 is 17.9 Å². The molecular formula is C16H22N2O4S. The zero-order valence-electron chi connectivity index (χ0n) is 13.2. The Morgan fingerprint density at radius 2 is 1.83 bits per heavy atom. The number of hydrogen-bond donors (Lipinski definition) is 0. The molecule has 0 N–H and O–H groups in total. The molecule has 2 saturated heterocycles. The number of nitrogens with zero attached hydrogens (tertiary/aromatic N) is 2. The van der Waals surface area contributed by atoms with Gasteiger partial charge in [-0.3, -0.25) is 4.79 Å². The minimum Gasteiger partial charge on any atom is -0.351 e. The molecule has 0 bridgehead atoms. The first-order valence-electron chi connectivity index (χ1n) is 7.85. The normalized spacial score (nSPS) is 24.0. The number of piperidine rings is 1. The number of benzene rings is 1. The van der Waals surface area contributed by atoms with Crippen LogP contribution < -0.4 is 0 Å². The first kappa shape index (κ1) is 16.4. The fourth-order valence-electron chi connectivity index (χ4n) is 3.20. The number of rotatable bonds is 3. The molecule has 1 unspecified atom stereocenters. The second kappa shape index (κ2) is 6.59. The summed E-state index contributed by atoms with van der Waals surface area (Å²) in [7, 11) is -3.16. The first-order valence-corrected chi connectivity index (χ1v) is 9.70. The second-order valence-electron chi connectivity index (χ2n) is 6.19. The number of carbonyl (C=O) groups is 1. The molecule has 0 spiro atoms. The zero-order valence-corrected chi connectivity index (χ0v) is 14.0. The van der Waals surface area contributed by atoms with E-state index < -0.39 is 10.0 Å². The molecule has 23 heavy (non-hydrogen) atoms. The van der Waals surface area contributed by atoms with Crippen molar-refractivity contribution in [2.45, 2.75) is 18.9 Å². The highest BCUT2D eigenvalue weighted by atomic mass is 32.2. The van der Waals surface area contributed by atoms with Gasteiger partial charge in [-0.15, -0.1) is 0 Å². The van der Waals surface area contributed by atoms with Gasteiger partial charge >= 0.3 is 0 Å². The molecule has 1 aromatic carbocycles. The van der Waals surface area contributed by atoms with Gasteiger partial charge in [0.2, 0.25) is 15.9 Å². The molecule has 7 heteroatoms. The molecule has 126 valence electrons. The highest BCUT2D eigenvalue weighted by molar-refractivity contribution is 7.88. The summed E-state index contributed by atoms with van der Waals surface area (Å²) in [5.41, 5.74) is 1.08. The van der Waals surface area contributed by atoms with Crippen molar-refractivity contribution in [2.75, 3.05) is 32.6 Å². The quantitative estimate of drug-likeness (QED) is 0.831. The third-order valence-electron chi connectivity index (χ3n) is 4.57. The summed E-state index contributed by atoms with van der Waals surface area (Å²) in [6, 6.07) is 9.89. The number of sulfonamides is 1. The molecular weight excluding hydrogens is 316 g/mol. The SMILES string of the molecule is CS(=O)(=O)N1CCC(C(=O)N2COC(c3ccccc3)C2)CC1. The van der Waals surface area contributed by atoms with Crippen LogP contribution in [0.5, 0.6) is 0 Å². The Bertz CT molecular complexity index is 654. The zero-order chi connectivity index (χ0) is 16.4. The van der Waals surface area contributed by atoms with Gasteiger partial charge < -0.3 is 9.64 Å². The van der Waals surface area contributed by atoms with E-state index in [2.05, 4.69) is 0 Å². The molecule has 0 aromatic heterocycles. The lowest BCUT2D eigenvalue weighted by Gasteiger charge is -2.31. The topological polar surface area (TPSA) is 66.9 Å². The minimum absolute atomic E-state index is 0.0729. The monoisotopic (exact) mass is 338 g/mol. The molecule has 0 saturated carbocycles. The van der Waals surface area contributed by atoms with E-state index in [-0.39, 0.29) is 17.9 Å². The molecule has 1 amide bonds. The van der Waals surface area contributed by atoms with Gasteiger partial charge in [-0.1, -0.05) is 30.3 Å². The molecule has 2 aliphatic rings. The average molecular weight is 338 g/mol. The van der Waals surface area contributed by atoms with Crippen LogP contribution in [-0.2, 0) is 19.6 Å². The van der Waals surface area contributed by atoms with Crippen LogP contribution in [0.3, 0.4) is 0 Å². The average Bonchev–Trinajstić information content (AvgIpc) is 3.04. The van der Waals surface area contributed by atoms with Crippen molar-refractivity contribution in [3.8, 4) is 0 Å². The van der Waals surface area contributed by atoms with E-state index in [1.165, 1.54) is 10.6 Å². The van der Waals surface area contributed by atoms with E-state index in [1.54, 1.807) is 4.90 Å².